The molecule has 0 radical (unpaired) electrons. The topological polar surface area (TPSA) is 93.3 Å². The number of nitrogens with one attached hydrogen (secondary N) is 1. The van der Waals surface area contributed by atoms with E-state index in [0.29, 0.717) is 68.9 Å². The van der Waals surface area contributed by atoms with E-state index < -0.39 is 16.1 Å². The molecule has 9 nitrogen and oxygen atoms in total. The molecule has 3 amide bonds. The first-order valence-corrected chi connectivity index (χ1v) is 15.8. The molecule has 2 saturated heterocycles. The normalized spacial score (nSPS) is 18.4. The molecule has 2 aromatic carbocycles. The molecular formula is C28H36ClN5O4S. The Labute approximate surface area is 235 Å². The number of carbonyl (C=O) groups is 2. The number of rotatable bonds is 9. The van der Waals surface area contributed by atoms with Gasteiger partial charge in [0.15, 0.2) is 0 Å². The Morgan fingerprint density at radius 3 is 2.23 bits per heavy atom. The van der Waals surface area contributed by atoms with Crippen LogP contribution in [0.5, 0.6) is 0 Å². The highest BCUT2D eigenvalue weighted by molar-refractivity contribution is 7.92. The summed E-state index contributed by atoms with van der Waals surface area (Å²) in [6.07, 6.45) is 4.73. The second-order valence-corrected chi connectivity index (χ2v) is 13.1. The van der Waals surface area contributed by atoms with Crippen molar-refractivity contribution in [3.05, 3.63) is 59.1 Å². The molecule has 0 spiro atoms. The van der Waals surface area contributed by atoms with Gasteiger partial charge in [-0.25, -0.2) is 13.2 Å². The number of anilines is 2. The molecule has 1 saturated carbocycles. The monoisotopic (exact) mass is 573 g/mol. The number of urea groups is 1. The summed E-state index contributed by atoms with van der Waals surface area (Å²) in [7, 11) is -3.43. The lowest BCUT2D eigenvalue weighted by Crippen LogP contribution is -2.58. The maximum atomic E-state index is 13.7. The molecule has 1 aliphatic carbocycles. The summed E-state index contributed by atoms with van der Waals surface area (Å²) in [6.45, 7) is 4.00. The van der Waals surface area contributed by atoms with E-state index >= 15 is 0 Å². The summed E-state index contributed by atoms with van der Waals surface area (Å²) in [6, 6.07) is 14.0. The van der Waals surface area contributed by atoms with Crippen molar-refractivity contribution in [3.63, 3.8) is 0 Å². The predicted octanol–water partition coefficient (Wildman–Crippen LogP) is 3.19. The summed E-state index contributed by atoms with van der Waals surface area (Å²) >= 11 is 6.04. The fraction of sp³-hybridized carbons (Fsp3) is 0.500. The molecule has 2 heterocycles. The van der Waals surface area contributed by atoms with Gasteiger partial charge in [-0.05, 0) is 55.0 Å². The van der Waals surface area contributed by atoms with Crippen LogP contribution in [-0.4, -0.2) is 88.3 Å². The molecular weight excluding hydrogens is 538 g/mol. The molecule has 0 aromatic heterocycles. The average Bonchev–Trinajstić information content (AvgIpc) is 3.71. The van der Waals surface area contributed by atoms with Gasteiger partial charge in [-0.3, -0.25) is 9.10 Å². The summed E-state index contributed by atoms with van der Waals surface area (Å²) in [5.41, 5.74) is 2.47. The zero-order valence-electron chi connectivity index (χ0n) is 22.3. The number of carbonyl (C=O) groups excluding carboxylic acids is 2. The van der Waals surface area contributed by atoms with Crippen LogP contribution in [-0.2, 0) is 21.2 Å². The lowest BCUT2D eigenvalue weighted by Gasteiger charge is -2.40. The minimum absolute atomic E-state index is 0.113. The summed E-state index contributed by atoms with van der Waals surface area (Å²) in [5.74, 6) is 0.296. The molecule has 5 rings (SSSR count). The highest BCUT2D eigenvalue weighted by Crippen LogP contribution is 2.37. The first-order valence-electron chi connectivity index (χ1n) is 13.6. The van der Waals surface area contributed by atoms with Gasteiger partial charge in [-0.2, -0.15) is 0 Å². The predicted molar refractivity (Wildman–Crippen MR) is 154 cm³/mol. The molecule has 39 heavy (non-hydrogen) atoms. The van der Waals surface area contributed by atoms with Gasteiger partial charge in [0, 0.05) is 57.3 Å². The number of nitrogens with zero attached hydrogens (tertiary/aromatic N) is 4. The Morgan fingerprint density at radius 2 is 1.64 bits per heavy atom. The molecule has 2 aromatic rings. The molecule has 2 aliphatic heterocycles. The van der Waals surface area contributed by atoms with Crippen molar-refractivity contribution in [3.8, 4) is 0 Å². The molecule has 1 atom stereocenters. The summed E-state index contributed by atoms with van der Waals surface area (Å²) in [4.78, 5) is 32.1. The van der Waals surface area contributed by atoms with E-state index in [1.54, 1.807) is 21.9 Å². The van der Waals surface area contributed by atoms with Crippen LogP contribution in [0.2, 0.25) is 5.02 Å². The van der Waals surface area contributed by atoms with Gasteiger partial charge in [0.25, 0.3) is 0 Å². The van der Waals surface area contributed by atoms with Gasteiger partial charge in [-0.15, -0.1) is 0 Å². The van der Waals surface area contributed by atoms with Crippen LogP contribution in [0.3, 0.4) is 0 Å². The van der Waals surface area contributed by atoms with Gasteiger partial charge in [-0.1, -0.05) is 35.9 Å². The number of hydrogen-bond donors (Lipinski definition) is 1. The highest BCUT2D eigenvalue weighted by Gasteiger charge is 2.34. The average molecular weight is 574 g/mol. The van der Waals surface area contributed by atoms with Crippen molar-refractivity contribution in [2.45, 2.75) is 31.7 Å². The molecule has 0 unspecified atom stereocenters. The number of likely N-dealkylation sites (tertiary alicyclic amines) is 1. The van der Waals surface area contributed by atoms with Gasteiger partial charge in [0.1, 0.15) is 6.04 Å². The summed E-state index contributed by atoms with van der Waals surface area (Å²) in [5, 5.41) is 3.58. The number of halogens is 1. The van der Waals surface area contributed by atoms with E-state index in [0.717, 1.165) is 30.5 Å². The van der Waals surface area contributed by atoms with Crippen LogP contribution in [0.4, 0.5) is 16.2 Å². The van der Waals surface area contributed by atoms with E-state index in [1.165, 1.54) is 10.6 Å². The molecule has 1 N–H and O–H groups in total. The van der Waals surface area contributed by atoms with Crippen molar-refractivity contribution >= 4 is 44.9 Å². The zero-order valence-corrected chi connectivity index (χ0v) is 23.8. The number of para-hydroxylation sites is 2. The molecule has 11 heteroatoms. The van der Waals surface area contributed by atoms with Crippen molar-refractivity contribution in [1.29, 1.82) is 0 Å². The Hall–Kier alpha value is -2.98. The van der Waals surface area contributed by atoms with Crippen molar-refractivity contribution in [2.75, 3.05) is 61.3 Å². The SMILES string of the molecule is CS(=O)(=O)N(CC1CC1)c1ccccc1N1CCN(C(=O)[C@H](Cc2ccc(Cl)cc2)NC(=O)N2CCC2)CC1. The van der Waals surface area contributed by atoms with Gasteiger partial charge in [0.2, 0.25) is 15.9 Å². The van der Waals surface area contributed by atoms with E-state index in [1.807, 2.05) is 36.4 Å². The Morgan fingerprint density at radius 1 is 0.974 bits per heavy atom. The number of amides is 3. The minimum Gasteiger partial charge on any atom is -0.366 e. The highest BCUT2D eigenvalue weighted by atomic mass is 35.5. The Kier molecular flexibility index (Phi) is 8.23. The Balaban J connectivity index is 1.28. The van der Waals surface area contributed by atoms with Crippen LogP contribution in [0.1, 0.15) is 24.8 Å². The molecule has 3 fully saturated rings. The van der Waals surface area contributed by atoms with E-state index in [4.69, 9.17) is 11.6 Å². The van der Waals surface area contributed by atoms with Crippen molar-refractivity contribution in [2.24, 2.45) is 5.92 Å². The van der Waals surface area contributed by atoms with Crippen LogP contribution >= 0.6 is 11.6 Å². The second-order valence-electron chi connectivity index (χ2n) is 10.7. The third kappa shape index (κ3) is 6.78. The van der Waals surface area contributed by atoms with Gasteiger partial charge < -0.3 is 20.0 Å². The third-order valence-corrected chi connectivity index (χ3v) is 9.09. The van der Waals surface area contributed by atoms with Crippen molar-refractivity contribution in [1.82, 2.24) is 15.1 Å². The lowest BCUT2D eigenvalue weighted by atomic mass is 10.0. The van der Waals surface area contributed by atoms with E-state index in [2.05, 4.69) is 10.2 Å². The maximum Gasteiger partial charge on any atom is 0.318 e. The number of hydrogen-bond acceptors (Lipinski definition) is 5. The van der Waals surface area contributed by atoms with Crippen LogP contribution in [0, 0.1) is 5.92 Å². The summed E-state index contributed by atoms with van der Waals surface area (Å²) < 4.78 is 26.9. The van der Waals surface area contributed by atoms with Crippen LogP contribution < -0.4 is 14.5 Å². The minimum atomic E-state index is -3.43. The first-order chi connectivity index (χ1) is 18.7. The van der Waals surface area contributed by atoms with Gasteiger partial charge >= 0.3 is 6.03 Å². The van der Waals surface area contributed by atoms with E-state index in [-0.39, 0.29) is 11.9 Å². The quantitative estimate of drug-likeness (QED) is 0.497. The fourth-order valence-corrected chi connectivity index (χ4v) is 6.21. The maximum absolute atomic E-state index is 13.7. The number of piperazine rings is 1. The van der Waals surface area contributed by atoms with E-state index in [9.17, 15) is 18.0 Å². The lowest BCUT2D eigenvalue weighted by molar-refractivity contribution is -0.133. The Bertz CT molecular complexity index is 1290. The number of sulfonamides is 1. The largest absolute Gasteiger partial charge is 0.366 e. The first kappa shape index (κ1) is 27.6. The number of benzene rings is 2. The second kappa shape index (κ2) is 11.6. The fourth-order valence-electron chi connectivity index (χ4n) is 5.09. The standard InChI is InChI=1S/C28H36ClN5O4S/c1-39(37,38)34(20-22-7-8-22)26-6-3-2-5-25(26)31-15-17-32(18-16-31)27(35)24(30-28(36)33-13-4-14-33)19-21-9-11-23(29)12-10-21/h2-3,5-6,9-12,22,24H,4,7-8,13-20H2,1H3,(H,30,36)/t24-/m0/s1. The zero-order chi connectivity index (χ0) is 27.6. The third-order valence-electron chi connectivity index (χ3n) is 7.70. The van der Waals surface area contributed by atoms with Crippen LogP contribution in [0.15, 0.2) is 48.5 Å². The van der Waals surface area contributed by atoms with Crippen molar-refractivity contribution < 1.29 is 18.0 Å². The van der Waals surface area contributed by atoms with Gasteiger partial charge in [0.05, 0.1) is 17.6 Å². The smallest absolute Gasteiger partial charge is 0.318 e. The molecule has 0 bridgehead atoms. The molecule has 210 valence electrons. The van der Waals surface area contributed by atoms with Crippen LogP contribution in [0.25, 0.3) is 0 Å². The molecule has 3 aliphatic rings.